The van der Waals surface area contributed by atoms with E-state index in [1.165, 1.54) is 12.5 Å². The van der Waals surface area contributed by atoms with Gasteiger partial charge in [-0.25, -0.2) is 0 Å². The number of carboxylic acids is 2. The van der Waals surface area contributed by atoms with Crippen LogP contribution in [-0.2, 0) is 20.8 Å². The fourth-order valence-electron chi connectivity index (χ4n) is 2.12. The van der Waals surface area contributed by atoms with Crippen LogP contribution in [0.15, 0.2) is 54.6 Å². The number of carbonyl (C=O) groups is 4. The van der Waals surface area contributed by atoms with E-state index in [9.17, 15) is 14.4 Å². The third-order valence-corrected chi connectivity index (χ3v) is 3.68. The quantitative estimate of drug-likeness (QED) is 0.308. The summed E-state index contributed by atoms with van der Waals surface area (Å²) in [6.07, 6.45) is 2.89. The number of carbonyl (C=O) groups excluding carboxylic acids is 2. The van der Waals surface area contributed by atoms with Crippen molar-refractivity contribution < 1.29 is 29.4 Å². The summed E-state index contributed by atoms with van der Waals surface area (Å²) in [6.45, 7) is 3.76. The van der Waals surface area contributed by atoms with E-state index in [-0.39, 0.29) is 5.91 Å². The van der Waals surface area contributed by atoms with E-state index in [1.54, 1.807) is 24.3 Å². The molecule has 0 fully saturated rings. The number of nitrogens with two attached hydrogens (primary N) is 3. The van der Waals surface area contributed by atoms with Crippen LogP contribution in [0.2, 0.25) is 0 Å². The van der Waals surface area contributed by atoms with Gasteiger partial charge in [-0.3, -0.25) is 19.2 Å². The number of carboxylic acid groups (broad SMARTS) is 2. The summed E-state index contributed by atoms with van der Waals surface area (Å²) in [4.78, 5) is 39.9. The van der Waals surface area contributed by atoms with Crippen molar-refractivity contribution in [1.82, 2.24) is 0 Å². The van der Waals surface area contributed by atoms with E-state index in [1.807, 2.05) is 18.2 Å². The Bertz CT molecular complexity index is 825. The highest BCUT2D eigenvalue weighted by Gasteiger charge is 2.08. The molecule has 0 bridgehead atoms. The van der Waals surface area contributed by atoms with Crippen molar-refractivity contribution in [2.75, 3.05) is 18.4 Å². The molecule has 0 radical (unpaired) electrons. The Morgan fingerprint density at radius 3 is 1.85 bits per heavy atom. The number of aldehydes is 1. The Hall–Kier alpha value is -3.60. The zero-order chi connectivity index (χ0) is 26.4. The SMILES string of the molecule is CC(=O)Nc1ccc(C=O)cc1.CC(=O)O.NCCC[C@H](N)C(=O)O.NCCc1ccccc1. The first-order valence-electron chi connectivity index (χ1n) is 10.5. The lowest BCUT2D eigenvalue weighted by molar-refractivity contribution is -0.138. The molecule has 2 rings (SSSR count). The molecule has 188 valence electrons. The van der Waals surface area contributed by atoms with Crippen molar-refractivity contribution in [3.63, 3.8) is 0 Å². The molecule has 0 aliphatic carbocycles. The van der Waals surface area contributed by atoms with E-state index in [2.05, 4.69) is 17.4 Å². The monoisotopic (exact) mass is 476 g/mol. The van der Waals surface area contributed by atoms with Crippen LogP contribution in [0.25, 0.3) is 0 Å². The third-order valence-electron chi connectivity index (χ3n) is 3.68. The molecule has 1 amide bonds. The molecular formula is C24H36N4O6. The average Bonchev–Trinajstić information content (AvgIpc) is 2.79. The highest BCUT2D eigenvalue weighted by atomic mass is 16.4. The molecule has 0 saturated carbocycles. The minimum atomic E-state index is -0.955. The van der Waals surface area contributed by atoms with Crippen molar-refractivity contribution in [2.24, 2.45) is 17.2 Å². The number of anilines is 1. The van der Waals surface area contributed by atoms with Gasteiger partial charge in [-0.15, -0.1) is 0 Å². The largest absolute Gasteiger partial charge is 0.481 e. The molecule has 10 nitrogen and oxygen atoms in total. The van der Waals surface area contributed by atoms with Crippen molar-refractivity contribution in [1.29, 1.82) is 0 Å². The van der Waals surface area contributed by atoms with Gasteiger partial charge in [0, 0.05) is 25.1 Å². The molecule has 0 spiro atoms. The summed E-state index contributed by atoms with van der Waals surface area (Å²) >= 11 is 0. The fourth-order valence-corrected chi connectivity index (χ4v) is 2.12. The van der Waals surface area contributed by atoms with Gasteiger partial charge in [0.15, 0.2) is 0 Å². The van der Waals surface area contributed by atoms with Crippen LogP contribution in [-0.4, -0.2) is 53.5 Å². The van der Waals surface area contributed by atoms with Crippen molar-refractivity contribution >= 4 is 29.8 Å². The van der Waals surface area contributed by atoms with Gasteiger partial charge < -0.3 is 32.7 Å². The van der Waals surface area contributed by atoms with Crippen molar-refractivity contribution in [2.45, 2.75) is 39.2 Å². The molecule has 9 N–H and O–H groups in total. The van der Waals surface area contributed by atoms with Crippen LogP contribution in [0.4, 0.5) is 5.69 Å². The maximum Gasteiger partial charge on any atom is 0.320 e. The molecular weight excluding hydrogens is 440 g/mol. The van der Waals surface area contributed by atoms with Crippen LogP contribution >= 0.6 is 0 Å². The van der Waals surface area contributed by atoms with Crippen molar-refractivity contribution in [3.05, 3.63) is 65.7 Å². The second-order valence-electron chi connectivity index (χ2n) is 6.84. The molecule has 10 heteroatoms. The maximum absolute atomic E-state index is 10.6. The lowest BCUT2D eigenvalue weighted by Crippen LogP contribution is -2.30. The molecule has 0 aliphatic rings. The molecule has 0 unspecified atom stereocenters. The van der Waals surface area contributed by atoms with E-state index in [0.717, 1.165) is 26.2 Å². The molecule has 0 aliphatic heterocycles. The molecule has 34 heavy (non-hydrogen) atoms. The van der Waals surface area contributed by atoms with Gasteiger partial charge in [-0.1, -0.05) is 30.3 Å². The third kappa shape index (κ3) is 21.6. The van der Waals surface area contributed by atoms with Crippen molar-refractivity contribution in [3.8, 4) is 0 Å². The number of aliphatic carboxylic acids is 2. The first kappa shape index (κ1) is 32.6. The Morgan fingerprint density at radius 2 is 1.47 bits per heavy atom. The zero-order valence-corrected chi connectivity index (χ0v) is 19.6. The highest BCUT2D eigenvalue weighted by molar-refractivity contribution is 5.89. The van der Waals surface area contributed by atoms with Gasteiger partial charge >= 0.3 is 5.97 Å². The smallest absolute Gasteiger partial charge is 0.320 e. The normalized spacial score (nSPS) is 9.91. The first-order chi connectivity index (χ1) is 16.1. The molecule has 0 aromatic heterocycles. The predicted molar refractivity (Wildman–Crippen MR) is 133 cm³/mol. The highest BCUT2D eigenvalue weighted by Crippen LogP contribution is 2.07. The Kier molecular flexibility index (Phi) is 20.4. The van der Waals surface area contributed by atoms with Gasteiger partial charge in [0.2, 0.25) is 5.91 Å². The lowest BCUT2D eigenvalue weighted by atomic mass is 10.2. The molecule has 1 atom stereocenters. The molecule has 2 aromatic rings. The summed E-state index contributed by atoms with van der Waals surface area (Å²) in [7, 11) is 0. The summed E-state index contributed by atoms with van der Waals surface area (Å²) in [5.74, 6) is -1.91. The van der Waals surface area contributed by atoms with Crippen LogP contribution in [0, 0.1) is 0 Å². The summed E-state index contributed by atoms with van der Waals surface area (Å²) in [6, 6.07) is 16.2. The van der Waals surface area contributed by atoms with Crippen LogP contribution in [0.3, 0.4) is 0 Å². The van der Waals surface area contributed by atoms with Gasteiger partial charge in [0.05, 0.1) is 0 Å². The molecule has 2 aromatic carbocycles. The van der Waals surface area contributed by atoms with Gasteiger partial charge in [-0.2, -0.15) is 0 Å². The number of hydrogen-bond acceptors (Lipinski definition) is 7. The second kappa shape index (κ2) is 21.3. The minimum absolute atomic E-state index is 0.117. The Balaban J connectivity index is 0. The maximum atomic E-state index is 10.6. The molecule has 0 heterocycles. The number of amides is 1. The fraction of sp³-hybridized carbons (Fsp3) is 0.333. The first-order valence-corrected chi connectivity index (χ1v) is 10.5. The van der Waals surface area contributed by atoms with Crippen LogP contribution in [0.1, 0.15) is 42.6 Å². The number of nitrogens with one attached hydrogen (secondary N) is 1. The molecule has 0 saturated heterocycles. The number of benzene rings is 2. The van der Waals surface area contributed by atoms with E-state index in [0.29, 0.717) is 30.6 Å². The van der Waals surface area contributed by atoms with E-state index < -0.39 is 18.0 Å². The second-order valence-corrected chi connectivity index (χ2v) is 6.84. The summed E-state index contributed by atoms with van der Waals surface area (Å²) in [5, 5.41) is 18.3. The van der Waals surface area contributed by atoms with E-state index in [4.69, 9.17) is 32.2 Å². The summed E-state index contributed by atoms with van der Waals surface area (Å²) in [5.41, 5.74) is 18.3. The lowest BCUT2D eigenvalue weighted by Gasteiger charge is -2.02. The van der Waals surface area contributed by atoms with Gasteiger partial charge in [-0.05, 0) is 62.2 Å². The Labute approximate surface area is 200 Å². The Morgan fingerprint density at radius 1 is 0.941 bits per heavy atom. The predicted octanol–water partition coefficient (Wildman–Crippen LogP) is 1.87. The average molecular weight is 477 g/mol. The topological polar surface area (TPSA) is 199 Å². The number of rotatable bonds is 8. The zero-order valence-electron chi connectivity index (χ0n) is 19.6. The van der Waals surface area contributed by atoms with Gasteiger partial charge in [0.25, 0.3) is 5.97 Å². The van der Waals surface area contributed by atoms with Crippen LogP contribution in [0.5, 0.6) is 0 Å². The summed E-state index contributed by atoms with van der Waals surface area (Å²) < 4.78 is 0. The van der Waals surface area contributed by atoms with E-state index >= 15 is 0 Å². The van der Waals surface area contributed by atoms with Gasteiger partial charge in [0.1, 0.15) is 12.3 Å². The minimum Gasteiger partial charge on any atom is -0.481 e. The number of hydrogen-bond donors (Lipinski definition) is 6. The standard InChI is InChI=1S/C9H9NO2.C8H11N.C5H12N2O2.C2H4O2/c1-7(12)10-9-4-2-8(6-11)3-5-9;9-7-6-8-4-2-1-3-5-8;6-3-1-2-4(7)5(8)9;1-2(3)4/h2-6H,1H3,(H,10,12);1-5H,6-7,9H2;4H,1-3,6-7H2,(H,8,9);1H3,(H,3,4)/t;;4-;/m..0./s1. The van der Waals surface area contributed by atoms with Crippen LogP contribution < -0.4 is 22.5 Å².